The Kier molecular flexibility index (Phi) is 3.19. The van der Waals surface area contributed by atoms with Crippen molar-refractivity contribution in [2.75, 3.05) is 0 Å². The molecule has 0 saturated carbocycles. The van der Waals surface area contributed by atoms with E-state index in [4.69, 9.17) is 5.73 Å². The lowest BCUT2D eigenvalue weighted by atomic mass is 10.1. The van der Waals surface area contributed by atoms with Crippen LogP contribution >= 0.6 is 22.7 Å². The zero-order valence-corrected chi connectivity index (χ0v) is 10.5. The highest BCUT2D eigenvalue weighted by Gasteiger charge is 2.12. The van der Waals surface area contributed by atoms with Gasteiger partial charge in [0.25, 0.3) is 0 Å². The van der Waals surface area contributed by atoms with Crippen molar-refractivity contribution < 1.29 is 0 Å². The fourth-order valence-corrected chi connectivity index (χ4v) is 3.29. The number of nitrogens with two attached hydrogens (primary N) is 1. The van der Waals surface area contributed by atoms with E-state index in [9.17, 15) is 0 Å². The minimum Gasteiger partial charge on any atom is -0.324 e. The van der Waals surface area contributed by atoms with Crippen molar-refractivity contribution in [1.29, 1.82) is 0 Å². The third kappa shape index (κ3) is 2.45. The predicted octanol–water partition coefficient (Wildman–Crippen LogP) is 3.06. The first-order chi connectivity index (χ1) is 7.16. The van der Waals surface area contributed by atoms with Gasteiger partial charge in [0.1, 0.15) is 0 Å². The lowest BCUT2D eigenvalue weighted by molar-refractivity contribution is 0.715. The summed E-state index contributed by atoms with van der Waals surface area (Å²) in [5.74, 6) is 0. The molecule has 0 aliphatic heterocycles. The zero-order valence-electron chi connectivity index (χ0n) is 8.86. The molecule has 0 fully saturated rings. The lowest BCUT2D eigenvalue weighted by Gasteiger charge is -2.09. The number of rotatable bonds is 3. The summed E-state index contributed by atoms with van der Waals surface area (Å²) in [5.41, 5.74) is 9.79. The minimum atomic E-state index is 0.0850. The average Bonchev–Trinajstić information content (AvgIpc) is 2.75. The SMILES string of the molecule is Cc1csc(CC(N)c2cscc2C)n1. The summed E-state index contributed by atoms with van der Waals surface area (Å²) in [7, 11) is 0. The minimum absolute atomic E-state index is 0.0850. The fraction of sp³-hybridized carbons (Fsp3) is 0.364. The molecule has 80 valence electrons. The van der Waals surface area contributed by atoms with Crippen molar-refractivity contribution in [2.24, 2.45) is 5.73 Å². The lowest BCUT2D eigenvalue weighted by Crippen LogP contribution is -2.13. The Labute approximate surface area is 97.8 Å². The molecule has 0 aliphatic rings. The second-order valence-corrected chi connectivity index (χ2v) is 5.39. The van der Waals surface area contributed by atoms with Crippen LogP contribution < -0.4 is 5.73 Å². The van der Waals surface area contributed by atoms with Crippen LogP contribution in [0.15, 0.2) is 16.1 Å². The molecule has 2 aromatic heterocycles. The molecule has 4 heteroatoms. The molecule has 0 bridgehead atoms. The summed E-state index contributed by atoms with van der Waals surface area (Å²) in [6, 6.07) is 0.0850. The van der Waals surface area contributed by atoms with Crippen molar-refractivity contribution in [3.05, 3.63) is 38.0 Å². The van der Waals surface area contributed by atoms with Gasteiger partial charge in [0.2, 0.25) is 0 Å². The molecule has 0 spiro atoms. The Hall–Kier alpha value is -0.710. The van der Waals surface area contributed by atoms with Crippen LogP contribution in [0.4, 0.5) is 0 Å². The van der Waals surface area contributed by atoms with Gasteiger partial charge in [-0.2, -0.15) is 11.3 Å². The quantitative estimate of drug-likeness (QED) is 0.892. The highest BCUT2D eigenvalue weighted by atomic mass is 32.1. The van der Waals surface area contributed by atoms with Crippen LogP contribution in [0.2, 0.25) is 0 Å². The van der Waals surface area contributed by atoms with Gasteiger partial charge in [-0.15, -0.1) is 11.3 Å². The molecule has 1 atom stereocenters. The van der Waals surface area contributed by atoms with Gasteiger partial charge in [-0.25, -0.2) is 4.98 Å². The first-order valence-corrected chi connectivity index (χ1v) is 6.68. The largest absolute Gasteiger partial charge is 0.324 e. The van der Waals surface area contributed by atoms with E-state index < -0.39 is 0 Å². The van der Waals surface area contributed by atoms with Gasteiger partial charge < -0.3 is 5.73 Å². The molecule has 2 aromatic rings. The summed E-state index contributed by atoms with van der Waals surface area (Å²) in [6.45, 7) is 4.13. The molecular formula is C11H14N2S2. The van der Waals surface area contributed by atoms with E-state index in [1.807, 2.05) is 6.92 Å². The molecule has 2 N–H and O–H groups in total. The van der Waals surface area contributed by atoms with Crippen LogP contribution in [0, 0.1) is 13.8 Å². The van der Waals surface area contributed by atoms with Crippen molar-refractivity contribution in [1.82, 2.24) is 4.98 Å². The smallest absolute Gasteiger partial charge is 0.0947 e. The summed E-state index contributed by atoms with van der Waals surface area (Å²) in [5, 5.41) is 7.48. The van der Waals surface area contributed by atoms with Crippen LogP contribution in [0.5, 0.6) is 0 Å². The molecule has 0 aromatic carbocycles. The van der Waals surface area contributed by atoms with Gasteiger partial charge in [0.15, 0.2) is 0 Å². The zero-order chi connectivity index (χ0) is 10.8. The monoisotopic (exact) mass is 238 g/mol. The van der Waals surface area contributed by atoms with E-state index in [2.05, 4.69) is 28.0 Å². The normalized spacial score (nSPS) is 13.0. The molecule has 2 rings (SSSR count). The van der Waals surface area contributed by atoms with Crippen LogP contribution in [0.1, 0.15) is 27.9 Å². The molecule has 2 heterocycles. The maximum absolute atomic E-state index is 6.15. The maximum atomic E-state index is 6.15. The number of hydrogen-bond acceptors (Lipinski definition) is 4. The molecule has 2 nitrogen and oxygen atoms in total. The topological polar surface area (TPSA) is 38.9 Å². The van der Waals surface area contributed by atoms with E-state index in [1.165, 1.54) is 11.1 Å². The van der Waals surface area contributed by atoms with E-state index in [-0.39, 0.29) is 6.04 Å². The maximum Gasteiger partial charge on any atom is 0.0947 e. The second kappa shape index (κ2) is 4.43. The standard InChI is InChI=1S/C11H14N2S2/c1-7-4-14-6-9(7)10(12)3-11-13-8(2)5-15-11/h4-6,10H,3,12H2,1-2H3. The Bertz CT molecular complexity index is 445. The summed E-state index contributed by atoms with van der Waals surface area (Å²) in [6.07, 6.45) is 0.843. The average molecular weight is 238 g/mol. The van der Waals surface area contributed by atoms with E-state index in [0.29, 0.717) is 0 Å². The van der Waals surface area contributed by atoms with Crippen LogP contribution in [-0.2, 0) is 6.42 Å². The number of hydrogen-bond donors (Lipinski definition) is 1. The highest BCUT2D eigenvalue weighted by molar-refractivity contribution is 7.09. The first-order valence-electron chi connectivity index (χ1n) is 4.86. The Morgan fingerprint density at radius 1 is 1.33 bits per heavy atom. The summed E-state index contributed by atoms with van der Waals surface area (Å²) < 4.78 is 0. The molecule has 0 radical (unpaired) electrons. The number of aromatic nitrogens is 1. The number of thiophene rings is 1. The third-order valence-electron chi connectivity index (χ3n) is 2.36. The van der Waals surface area contributed by atoms with Gasteiger partial charge in [-0.1, -0.05) is 0 Å². The highest BCUT2D eigenvalue weighted by Crippen LogP contribution is 2.24. The fourth-order valence-electron chi connectivity index (χ4n) is 1.54. The Balaban J connectivity index is 2.10. The van der Waals surface area contributed by atoms with Gasteiger partial charge >= 0.3 is 0 Å². The van der Waals surface area contributed by atoms with E-state index in [0.717, 1.165) is 17.1 Å². The third-order valence-corrected chi connectivity index (χ3v) is 4.22. The predicted molar refractivity (Wildman–Crippen MR) is 66.5 cm³/mol. The second-order valence-electron chi connectivity index (χ2n) is 3.70. The molecular weight excluding hydrogens is 224 g/mol. The molecule has 0 aliphatic carbocycles. The summed E-state index contributed by atoms with van der Waals surface area (Å²) >= 11 is 3.41. The van der Waals surface area contributed by atoms with Gasteiger partial charge in [-0.3, -0.25) is 0 Å². The van der Waals surface area contributed by atoms with Crippen molar-refractivity contribution in [2.45, 2.75) is 26.3 Å². The van der Waals surface area contributed by atoms with Crippen LogP contribution in [0.3, 0.4) is 0 Å². The molecule has 0 saturated heterocycles. The van der Waals surface area contributed by atoms with Crippen LogP contribution in [-0.4, -0.2) is 4.98 Å². The number of aryl methyl sites for hydroxylation is 2. The van der Waals surface area contributed by atoms with E-state index in [1.54, 1.807) is 22.7 Å². The van der Waals surface area contributed by atoms with E-state index >= 15 is 0 Å². The van der Waals surface area contributed by atoms with Crippen molar-refractivity contribution >= 4 is 22.7 Å². The Morgan fingerprint density at radius 3 is 2.67 bits per heavy atom. The van der Waals surface area contributed by atoms with Gasteiger partial charge in [0, 0.05) is 23.5 Å². The first kappa shape index (κ1) is 10.8. The summed E-state index contributed by atoms with van der Waals surface area (Å²) in [4.78, 5) is 4.43. The van der Waals surface area contributed by atoms with Crippen molar-refractivity contribution in [3.63, 3.8) is 0 Å². The van der Waals surface area contributed by atoms with Crippen LogP contribution in [0.25, 0.3) is 0 Å². The number of nitrogens with zero attached hydrogens (tertiary/aromatic N) is 1. The van der Waals surface area contributed by atoms with Gasteiger partial charge in [-0.05, 0) is 35.7 Å². The Morgan fingerprint density at radius 2 is 2.13 bits per heavy atom. The molecule has 0 amide bonds. The van der Waals surface area contributed by atoms with Gasteiger partial charge in [0.05, 0.1) is 5.01 Å². The molecule has 15 heavy (non-hydrogen) atoms. The molecule has 1 unspecified atom stereocenters. The number of thiazole rings is 1. The van der Waals surface area contributed by atoms with Crippen molar-refractivity contribution in [3.8, 4) is 0 Å².